The molecule has 3 unspecified atom stereocenters. The molecule has 2 aliphatic carbocycles. The maximum Gasteiger partial charge on any atom is 0.0826 e. The van der Waals surface area contributed by atoms with Gasteiger partial charge in [0.2, 0.25) is 0 Å². The van der Waals surface area contributed by atoms with Crippen molar-refractivity contribution in [3.63, 3.8) is 0 Å². The molecule has 3 aliphatic rings. The van der Waals surface area contributed by atoms with Crippen LogP contribution < -0.4 is 5.32 Å². The summed E-state index contributed by atoms with van der Waals surface area (Å²) in [7, 11) is 2.21. The number of rotatable bonds is 4. The van der Waals surface area contributed by atoms with E-state index in [0.29, 0.717) is 6.10 Å². The molecular weight excluding hydrogens is 260 g/mol. The molecule has 1 heterocycles. The topological polar surface area (TPSA) is 24.5 Å². The summed E-state index contributed by atoms with van der Waals surface area (Å²) in [6.45, 7) is 4.14. The average molecular weight is 294 g/mol. The van der Waals surface area contributed by atoms with Gasteiger partial charge in [0.15, 0.2) is 0 Å². The van der Waals surface area contributed by atoms with E-state index in [1.807, 2.05) is 0 Å². The molecule has 3 heteroatoms. The van der Waals surface area contributed by atoms with Crippen molar-refractivity contribution in [2.45, 2.75) is 69.9 Å². The van der Waals surface area contributed by atoms with E-state index >= 15 is 0 Å². The lowest BCUT2D eigenvalue weighted by molar-refractivity contribution is -0.0217. The summed E-state index contributed by atoms with van der Waals surface area (Å²) in [6.07, 6.45) is 13.6. The molecule has 3 atom stereocenters. The van der Waals surface area contributed by atoms with Crippen molar-refractivity contribution in [1.82, 2.24) is 10.2 Å². The first-order valence-corrected chi connectivity index (χ1v) is 9.36. The second-order valence-corrected chi connectivity index (χ2v) is 7.62. The fourth-order valence-electron chi connectivity index (χ4n) is 4.81. The molecule has 1 N–H and O–H groups in total. The minimum absolute atomic E-state index is 0.401. The third-order valence-corrected chi connectivity index (χ3v) is 6.02. The van der Waals surface area contributed by atoms with Gasteiger partial charge in [0.25, 0.3) is 0 Å². The van der Waals surface area contributed by atoms with E-state index in [0.717, 1.165) is 44.1 Å². The molecular formula is C18H34N2O. The van der Waals surface area contributed by atoms with Gasteiger partial charge >= 0.3 is 0 Å². The lowest BCUT2D eigenvalue weighted by atomic mass is 9.71. The largest absolute Gasteiger partial charge is 0.374 e. The monoisotopic (exact) mass is 294 g/mol. The van der Waals surface area contributed by atoms with E-state index < -0.39 is 0 Å². The third kappa shape index (κ3) is 4.43. The molecule has 0 spiro atoms. The summed E-state index contributed by atoms with van der Waals surface area (Å²) < 4.78 is 5.92. The van der Waals surface area contributed by atoms with Crippen LogP contribution in [0.3, 0.4) is 0 Å². The standard InChI is InChI=1S/C18H34N2O/c1-20-11-12-21-16(14-20)13-19-18-10-6-5-9-17(18)15-7-3-2-4-8-15/h15-19H,2-14H2,1H3. The molecule has 0 aromatic heterocycles. The lowest BCUT2D eigenvalue weighted by Crippen LogP contribution is -2.49. The summed E-state index contributed by atoms with van der Waals surface area (Å²) in [5.41, 5.74) is 0. The van der Waals surface area contributed by atoms with Gasteiger partial charge < -0.3 is 15.0 Å². The maximum atomic E-state index is 5.92. The number of hydrogen-bond donors (Lipinski definition) is 1. The Hall–Kier alpha value is -0.120. The molecule has 0 amide bonds. The van der Waals surface area contributed by atoms with Gasteiger partial charge in [-0.1, -0.05) is 44.9 Å². The molecule has 122 valence electrons. The van der Waals surface area contributed by atoms with Gasteiger partial charge in [-0.25, -0.2) is 0 Å². The molecule has 3 rings (SSSR count). The van der Waals surface area contributed by atoms with Crippen molar-refractivity contribution in [2.24, 2.45) is 11.8 Å². The van der Waals surface area contributed by atoms with E-state index in [2.05, 4.69) is 17.3 Å². The van der Waals surface area contributed by atoms with Crippen LogP contribution in [0, 0.1) is 11.8 Å². The first-order chi connectivity index (χ1) is 10.3. The van der Waals surface area contributed by atoms with Gasteiger partial charge in [-0.05, 0) is 31.7 Å². The predicted molar refractivity (Wildman–Crippen MR) is 87.6 cm³/mol. The van der Waals surface area contributed by atoms with E-state index in [9.17, 15) is 0 Å². The van der Waals surface area contributed by atoms with Gasteiger partial charge in [-0.15, -0.1) is 0 Å². The Morgan fingerprint density at radius 1 is 1.00 bits per heavy atom. The number of nitrogens with one attached hydrogen (secondary N) is 1. The molecule has 0 bridgehead atoms. The maximum absolute atomic E-state index is 5.92. The van der Waals surface area contributed by atoms with Crippen molar-refractivity contribution in [1.29, 1.82) is 0 Å². The van der Waals surface area contributed by atoms with Crippen LogP contribution in [0.2, 0.25) is 0 Å². The average Bonchev–Trinajstić information content (AvgIpc) is 2.54. The highest BCUT2D eigenvalue weighted by molar-refractivity contribution is 4.88. The summed E-state index contributed by atoms with van der Waals surface area (Å²) in [4.78, 5) is 2.40. The Morgan fingerprint density at radius 3 is 2.57 bits per heavy atom. The molecule has 0 radical (unpaired) electrons. The zero-order chi connectivity index (χ0) is 14.5. The van der Waals surface area contributed by atoms with Crippen LogP contribution in [-0.2, 0) is 4.74 Å². The van der Waals surface area contributed by atoms with Crippen LogP contribution in [0.4, 0.5) is 0 Å². The summed E-state index contributed by atoms with van der Waals surface area (Å²) in [6, 6.07) is 0.762. The van der Waals surface area contributed by atoms with Gasteiger partial charge in [-0.2, -0.15) is 0 Å². The molecule has 3 fully saturated rings. The third-order valence-electron chi connectivity index (χ3n) is 6.02. The normalized spacial score (nSPS) is 36.7. The fraction of sp³-hybridized carbons (Fsp3) is 1.00. The number of ether oxygens (including phenoxy) is 1. The van der Waals surface area contributed by atoms with Crippen LogP contribution in [0.5, 0.6) is 0 Å². The highest BCUT2D eigenvalue weighted by atomic mass is 16.5. The van der Waals surface area contributed by atoms with Crippen LogP contribution in [0.1, 0.15) is 57.8 Å². The molecule has 1 aliphatic heterocycles. The Kier molecular flexibility index (Phi) is 5.96. The number of likely N-dealkylation sites (N-methyl/N-ethyl adjacent to an activating group) is 1. The Labute approximate surface area is 130 Å². The van der Waals surface area contributed by atoms with Crippen LogP contribution in [-0.4, -0.2) is 50.3 Å². The van der Waals surface area contributed by atoms with Gasteiger partial charge in [0, 0.05) is 25.7 Å². The first kappa shape index (κ1) is 15.8. The lowest BCUT2D eigenvalue weighted by Gasteiger charge is -2.40. The van der Waals surface area contributed by atoms with Gasteiger partial charge in [-0.3, -0.25) is 0 Å². The van der Waals surface area contributed by atoms with Crippen LogP contribution in [0.25, 0.3) is 0 Å². The van der Waals surface area contributed by atoms with Crippen molar-refractivity contribution in [3.8, 4) is 0 Å². The minimum Gasteiger partial charge on any atom is -0.374 e. The summed E-state index contributed by atoms with van der Waals surface area (Å²) in [5, 5.41) is 3.91. The van der Waals surface area contributed by atoms with E-state index in [-0.39, 0.29) is 0 Å². The van der Waals surface area contributed by atoms with E-state index in [1.54, 1.807) is 0 Å². The van der Waals surface area contributed by atoms with E-state index in [4.69, 9.17) is 4.74 Å². The predicted octanol–water partition coefficient (Wildman–Crippen LogP) is 3.05. The van der Waals surface area contributed by atoms with Crippen LogP contribution in [0.15, 0.2) is 0 Å². The van der Waals surface area contributed by atoms with Gasteiger partial charge in [0.05, 0.1) is 12.7 Å². The highest BCUT2D eigenvalue weighted by Crippen LogP contribution is 2.38. The minimum atomic E-state index is 0.401. The molecule has 0 aromatic carbocycles. The van der Waals surface area contributed by atoms with Crippen molar-refractivity contribution >= 4 is 0 Å². The highest BCUT2D eigenvalue weighted by Gasteiger charge is 2.32. The zero-order valence-corrected chi connectivity index (χ0v) is 13.9. The first-order valence-electron chi connectivity index (χ1n) is 9.36. The second kappa shape index (κ2) is 7.94. The number of hydrogen-bond acceptors (Lipinski definition) is 3. The zero-order valence-electron chi connectivity index (χ0n) is 13.9. The second-order valence-electron chi connectivity index (χ2n) is 7.62. The summed E-state index contributed by atoms with van der Waals surface area (Å²) >= 11 is 0. The summed E-state index contributed by atoms with van der Waals surface area (Å²) in [5.74, 6) is 1.95. The van der Waals surface area contributed by atoms with E-state index in [1.165, 1.54) is 57.8 Å². The fourth-order valence-corrected chi connectivity index (χ4v) is 4.81. The number of morpholine rings is 1. The Morgan fingerprint density at radius 2 is 1.76 bits per heavy atom. The van der Waals surface area contributed by atoms with Crippen molar-refractivity contribution in [3.05, 3.63) is 0 Å². The smallest absolute Gasteiger partial charge is 0.0826 e. The Bertz CT molecular complexity index is 304. The van der Waals surface area contributed by atoms with Crippen molar-refractivity contribution in [2.75, 3.05) is 33.3 Å². The molecule has 3 nitrogen and oxygen atoms in total. The van der Waals surface area contributed by atoms with Crippen molar-refractivity contribution < 1.29 is 4.74 Å². The number of nitrogens with zero attached hydrogens (tertiary/aromatic N) is 1. The van der Waals surface area contributed by atoms with Crippen LogP contribution >= 0.6 is 0 Å². The SMILES string of the molecule is CN1CCOC(CNC2CCCCC2C2CCCCC2)C1. The van der Waals surface area contributed by atoms with Gasteiger partial charge in [0.1, 0.15) is 0 Å². The Balaban J connectivity index is 1.49. The molecule has 0 aromatic rings. The quantitative estimate of drug-likeness (QED) is 0.862. The molecule has 2 saturated carbocycles. The molecule has 1 saturated heterocycles. The molecule has 21 heavy (non-hydrogen) atoms.